The highest BCUT2D eigenvalue weighted by Crippen LogP contribution is 2.32. The summed E-state index contributed by atoms with van der Waals surface area (Å²) < 4.78 is 15.6. The molecule has 0 bridgehead atoms. The quantitative estimate of drug-likeness (QED) is 0.459. The minimum Gasteiger partial charge on any atom is -0.461 e. The van der Waals surface area contributed by atoms with E-state index in [-0.39, 0.29) is 31.8 Å². The number of carbonyl (C=O) groups is 3. The maximum atomic E-state index is 12.2. The van der Waals surface area contributed by atoms with Crippen LogP contribution in [0, 0.1) is 0 Å². The zero-order valence-corrected chi connectivity index (χ0v) is 14.2. The summed E-state index contributed by atoms with van der Waals surface area (Å²) in [5, 5.41) is 0. The third-order valence-electron chi connectivity index (χ3n) is 4.25. The molecule has 0 aliphatic carbocycles. The van der Waals surface area contributed by atoms with Gasteiger partial charge in [-0.05, 0) is 35.9 Å². The molecule has 7 nitrogen and oxygen atoms in total. The smallest absolute Gasteiger partial charge is 0.330 e. The van der Waals surface area contributed by atoms with Gasteiger partial charge in [0.2, 0.25) is 6.79 Å². The first-order valence-electron chi connectivity index (χ1n) is 8.33. The number of rotatable bonds is 5. The van der Waals surface area contributed by atoms with E-state index in [4.69, 9.17) is 14.2 Å². The van der Waals surface area contributed by atoms with Crippen molar-refractivity contribution in [2.24, 2.45) is 0 Å². The van der Waals surface area contributed by atoms with E-state index in [1.807, 2.05) is 0 Å². The Labute approximate surface area is 154 Å². The van der Waals surface area contributed by atoms with Crippen LogP contribution in [0.4, 0.5) is 0 Å². The Balaban J connectivity index is 1.30. The van der Waals surface area contributed by atoms with Gasteiger partial charge in [-0.3, -0.25) is 14.5 Å². The highest BCUT2D eigenvalue weighted by atomic mass is 16.7. The number of hydrogen-bond acceptors (Lipinski definition) is 6. The fourth-order valence-electron chi connectivity index (χ4n) is 2.91. The number of benzene rings is 2. The van der Waals surface area contributed by atoms with E-state index in [1.54, 1.807) is 48.5 Å². The molecule has 7 heteroatoms. The van der Waals surface area contributed by atoms with Gasteiger partial charge in [0, 0.05) is 6.08 Å². The summed E-state index contributed by atoms with van der Waals surface area (Å²) in [6.07, 6.45) is 2.87. The highest BCUT2D eigenvalue weighted by molar-refractivity contribution is 6.21. The molecular weight excluding hydrogens is 350 g/mol. The third-order valence-corrected chi connectivity index (χ3v) is 4.25. The Kier molecular flexibility index (Phi) is 4.33. The summed E-state index contributed by atoms with van der Waals surface area (Å²) in [5.41, 5.74) is 1.50. The first-order valence-corrected chi connectivity index (χ1v) is 8.33. The lowest BCUT2D eigenvalue weighted by molar-refractivity contribution is -0.137. The Hall–Kier alpha value is -3.61. The van der Waals surface area contributed by atoms with E-state index in [0.29, 0.717) is 22.6 Å². The van der Waals surface area contributed by atoms with Crippen molar-refractivity contribution in [3.8, 4) is 11.5 Å². The second-order valence-corrected chi connectivity index (χ2v) is 5.92. The maximum Gasteiger partial charge on any atom is 0.330 e. The Morgan fingerprint density at radius 2 is 1.74 bits per heavy atom. The van der Waals surface area contributed by atoms with E-state index in [9.17, 15) is 14.4 Å². The topological polar surface area (TPSA) is 82.1 Å². The van der Waals surface area contributed by atoms with E-state index in [0.717, 1.165) is 10.5 Å². The molecule has 0 fully saturated rings. The molecule has 27 heavy (non-hydrogen) atoms. The number of imide groups is 1. The van der Waals surface area contributed by atoms with Crippen LogP contribution in [0.3, 0.4) is 0 Å². The number of ether oxygens (including phenoxy) is 3. The maximum absolute atomic E-state index is 12.2. The molecule has 0 N–H and O–H groups in total. The predicted octanol–water partition coefficient (Wildman–Crippen LogP) is 2.27. The molecule has 0 atom stereocenters. The van der Waals surface area contributed by atoms with E-state index < -0.39 is 5.97 Å². The Bertz CT molecular complexity index is 930. The number of hydrogen-bond donors (Lipinski definition) is 0. The molecule has 2 amide bonds. The van der Waals surface area contributed by atoms with Gasteiger partial charge >= 0.3 is 5.97 Å². The number of esters is 1. The molecule has 0 saturated carbocycles. The number of nitrogens with zero attached hydrogens (tertiary/aromatic N) is 1. The van der Waals surface area contributed by atoms with Crippen LogP contribution in [-0.2, 0) is 9.53 Å². The second kappa shape index (κ2) is 6.95. The normalized spacial score (nSPS) is 14.7. The van der Waals surface area contributed by atoms with Crippen molar-refractivity contribution < 1.29 is 28.6 Å². The van der Waals surface area contributed by atoms with Crippen molar-refractivity contribution in [2.45, 2.75) is 0 Å². The first-order chi connectivity index (χ1) is 13.1. The van der Waals surface area contributed by atoms with Crippen LogP contribution in [0.15, 0.2) is 48.5 Å². The van der Waals surface area contributed by atoms with Crippen LogP contribution in [-0.4, -0.2) is 42.6 Å². The largest absolute Gasteiger partial charge is 0.461 e. The summed E-state index contributed by atoms with van der Waals surface area (Å²) >= 11 is 0. The Morgan fingerprint density at radius 3 is 2.48 bits per heavy atom. The van der Waals surface area contributed by atoms with Crippen molar-refractivity contribution in [3.63, 3.8) is 0 Å². The van der Waals surface area contributed by atoms with Crippen LogP contribution in [0.25, 0.3) is 6.08 Å². The molecule has 0 spiro atoms. The number of fused-ring (bicyclic) bond motifs is 2. The van der Waals surface area contributed by atoms with Gasteiger partial charge < -0.3 is 14.2 Å². The highest BCUT2D eigenvalue weighted by Gasteiger charge is 2.34. The molecule has 2 heterocycles. The summed E-state index contributed by atoms with van der Waals surface area (Å²) in [4.78, 5) is 37.4. The van der Waals surface area contributed by atoms with Gasteiger partial charge in [0.25, 0.3) is 11.8 Å². The Morgan fingerprint density at radius 1 is 1.04 bits per heavy atom. The summed E-state index contributed by atoms with van der Waals surface area (Å²) in [6.45, 7) is 0.119. The van der Waals surface area contributed by atoms with E-state index >= 15 is 0 Å². The molecule has 2 aromatic carbocycles. The molecule has 4 rings (SSSR count). The third kappa shape index (κ3) is 3.27. The molecule has 0 aromatic heterocycles. The van der Waals surface area contributed by atoms with Gasteiger partial charge in [-0.2, -0.15) is 0 Å². The standard InChI is InChI=1S/C20H15NO6/c22-18(8-6-13-5-7-16-17(11-13)27-12-26-16)25-10-9-21-19(23)14-3-1-2-4-15(14)20(21)24/h1-8,11H,9-10,12H2/b8-6+. The van der Waals surface area contributed by atoms with Crippen LogP contribution in [0.2, 0.25) is 0 Å². The summed E-state index contributed by atoms with van der Waals surface area (Å²) in [5.74, 6) is -0.0267. The molecule has 2 aliphatic heterocycles. The van der Waals surface area contributed by atoms with Crippen LogP contribution >= 0.6 is 0 Å². The molecule has 0 unspecified atom stereocenters. The van der Waals surface area contributed by atoms with Gasteiger partial charge in [-0.15, -0.1) is 0 Å². The second-order valence-electron chi connectivity index (χ2n) is 5.92. The van der Waals surface area contributed by atoms with Crippen molar-refractivity contribution >= 4 is 23.9 Å². The fourth-order valence-corrected chi connectivity index (χ4v) is 2.91. The molecule has 2 aromatic rings. The molecule has 0 saturated heterocycles. The lowest BCUT2D eigenvalue weighted by Gasteiger charge is -2.13. The van der Waals surface area contributed by atoms with Crippen LogP contribution in [0.5, 0.6) is 11.5 Å². The zero-order chi connectivity index (χ0) is 18.8. The monoisotopic (exact) mass is 365 g/mol. The van der Waals surface area contributed by atoms with E-state index in [2.05, 4.69) is 0 Å². The molecule has 0 radical (unpaired) electrons. The number of carbonyl (C=O) groups excluding carboxylic acids is 3. The average molecular weight is 365 g/mol. The van der Waals surface area contributed by atoms with Gasteiger partial charge in [0.15, 0.2) is 11.5 Å². The SMILES string of the molecule is O=C(/C=C/c1ccc2c(c1)OCO2)OCCN1C(=O)c2ccccc2C1=O. The predicted molar refractivity (Wildman–Crippen MR) is 94.4 cm³/mol. The average Bonchev–Trinajstić information content (AvgIpc) is 3.25. The molecular formula is C20H15NO6. The fraction of sp³-hybridized carbons (Fsp3) is 0.150. The first kappa shape index (κ1) is 16.8. The van der Waals surface area contributed by atoms with Crippen molar-refractivity contribution in [1.82, 2.24) is 4.90 Å². The van der Waals surface area contributed by atoms with Gasteiger partial charge in [-0.1, -0.05) is 18.2 Å². The van der Waals surface area contributed by atoms with Crippen molar-refractivity contribution in [3.05, 3.63) is 65.2 Å². The van der Waals surface area contributed by atoms with Crippen LogP contribution in [0.1, 0.15) is 26.3 Å². The summed E-state index contributed by atoms with van der Waals surface area (Å²) in [7, 11) is 0. The molecule has 136 valence electrons. The van der Waals surface area contributed by atoms with Crippen molar-refractivity contribution in [2.75, 3.05) is 19.9 Å². The van der Waals surface area contributed by atoms with E-state index in [1.165, 1.54) is 6.08 Å². The van der Waals surface area contributed by atoms with Gasteiger partial charge in [-0.25, -0.2) is 4.79 Å². The van der Waals surface area contributed by atoms with Gasteiger partial charge in [0.05, 0.1) is 17.7 Å². The molecule has 2 aliphatic rings. The van der Waals surface area contributed by atoms with Crippen molar-refractivity contribution in [1.29, 1.82) is 0 Å². The lowest BCUT2D eigenvalue weighted by atomic mass is 10.1. The van der Waals surface area contributed by atoms with Gasteiger partial charge in [0.1, 0.15) is 6.61 Å². The minimum atomic E-state index is -0.565. The zero-order valence-electron chi connectivity index (χ0n) is 14.2. The van der Waals surface area contributed by atoms with Crippen LogP contribution < -0.4 is 9.47 Å². The number of amides is 2. The lowest BCUT2D eigenvalue weighted by Crippen LogP contribution is -2.33. The summed E-state index contributed by atoms with van der Waals surface area (Å²) in [6, 6.07) is 11.9. The minimum absolute atomic E-state index is 0.00987.